The summed E-state index contributed by atoms with van der Waals surface area (Å²) in [4.78, 5) is 18.3. The van der Waals surface area contributed by atoms with Crippen molar-refractivity contribution in [3.05, 3.63) is 29.3 Å². The summed E-state index contributed by atoms with van der Waals surface area (Å²) in [5.41, 5.74) is 2.53. The van der Waals surface area contributed by atoms with Crippen LogP contribution in [0.3, 0.4) is 0 Å². The van der Waals surface area contributed by atoms with Crippen molar-refractivity contribution in [2.24, 2.45) is 5.92 Å². The molecule has 1 heterocycles. The average molecular weight is 354 g/mol. The molecule has 0 spiro atoms. The maximum Gasteiger partial charge on any atom is 0.474 e. The van der Waals surface area contributed by atoms with Crippen LogP contribution in [0.4, 0.5) is 0 Å². The van der Waals surface area contributed by atoms with Crippen molar-refractivity contribution in [3.63, 3.8) is 0 Å². The molecule has 4 rings (SSSR count). The Morgan fingerprint density at radius 3 is 2.92 bits per heavy atom. The van der Waals surface area contributed by atoms with E-state index in [9.17, 15) is 9.67 Å². The molecule has 1 aromatic rings. The van der Waals surface area contributed by atoms with E-state index >= 15 is 0 Å². The summed E-state index contributed by atoms with van der Waals surface area (Å²) in [6.07, 6.45) is 5.47. The van der Waals surface area contributed by atoms with Gasteiger partial charge in [-0.2, -0.15) is 0 Å². The Hall–Kier alpha value is -0.910. The first-order chi connectivity index (χ1) is 11.2. The van der Waals surface area contributed by atoms with Crippen LogP contribution in [-0.4, -0.2) is 45.7 Å². The highest BCUT2D eigenvalue weighted by molar-refractivity contribution is 7.46. The van der Waals surface area contributed by atoms with E-state index in [1.165, 1.54) is 17.5 Å². The molecule has 2 bridgehead atoms. The summed E-state index contributed by atoms with van der Waals surface area (Å²) in [5, 5.41) is 10.0. The minimum Gasteiger partial charge on any atom is -0.508 e. The summed E-state index contributed by atoms with van der Waals surface area (Å²) < 4.78 is 16.7. The van der Waals surface area contributed by atoms with Crippen LogP contribution in [0.25, 0.3) is 0 Å². The molecule has 3 N–H and O–H groups in total. The lowest BCUT2D eigenvalue weighted by Gasteiger charge is -2.43. The largest absolute Gasteiger partial charge is 0.508 e. The molecule has 2 fully saturated rings. The number of aromatic hydroxyl groups is 1. The van der Waals surface area contributed by atoms with Crippen LogP contribution in [0.15, 0.2) is 18.2 Å². The van der Waals surface area contributed by atoms with E-state index in [1.54, 1.807) is 6.07 Å². The zero-order valence-electron chi connectivity index (χ0n) is 13.9. The summed E-state index contributed by atoms with van der Waals surface area (Å²) in [5.74, 6) is 0.796. The van der Waals surface area contributed by atoms with Gasteiger partial charge < -0.3 is 14.9 Å². The zero-order valence-corrected chi connectivity index (χ0v) is 14.8. The molecule has 1 aromatic carbocycles. The van der Waals surface area contributed by atoms with Crippen LogP contribution in [0, 0.1) is 5.92 Å². The smallest absolute Gasteiger partial charge is 0.474 e. The van der Waals surface area contributed by atoms with Crippen molar-refractivity contribution in [2.45, 2.75) is 43.6 Å². The SMILES string of the molecule is C[N+]1(COP(=O)(O)O)C[C@]23CCCCC2[C@H]1Cc1ccc(O)cc13. The highest BCUT2D eigenvalue weighted by atomic mass is 31.2. The van der Waals surface area contributed by atoms with Crippen LogP contribution >= 0.6 is 7.82 Å². The number of phosphoric ester groups is 1. The number of rotatable bonds is 3. The van der Waals surface area contributed by atoms with Gasteiger partial charge in [-0.05, 0) is 36.1 Å². The van der Waals surface area contributed by atoms with Crippen LogP contribution in [0.5, 0.6) is 5.75 Å². The third kappa shape index (κ3) is 2.44. The lowest BCUT2D eigenvalue weighted by molar-refractivity contribution is -0.938. The monoisotopic (exact) mass is 354 g/mol. The number of phosphoric acid groups is 1. The minimum absolute atomic E-state index is 0.00223. The van der Waals surface area contributed by atoms with Crippen molar-refractivity contribution < 1.29 is 28.5 Å². The zero-order chi connectivity index (χ0) is 17.2. The third-order valence-electron chi connectivity index (χ3n) is 6.59. The standard InChI is InChI=1S/C17H24NO5P/c1-18(11-23-24(20,21)22)10-17-7-3-2-4-14(17)16(18)8-12-5-6-13(19)9-15(12)17/h5-6,9,14,16H,2-4,7-8,10-11H2,1H3,(H2-,19,20,21,22)/p+1/t14?,16-,17-,18?/m1/s1. The molecular formula is C17H25NO5P+. The number of hydrogen-bond donors (Lipinski definition) is 3. The number of hydrogen-bond acceptors (Lipinski definition) is 3. The van der Waals surface area contributed by atoms with Crippen LogP contribution < -0.4 is 0 Å². The summed E-state index contributed by atoms with van der Waals surface area (Å²) in [7, 11) is -2.42. The van der Waals surface area contributed by atoms with Crippen LogP contribution in [0.1, 0.15) is 36.8 Å². The minimum atomic E-state index is -4.48. The number of phenolic OH excluding ortho intramolecular Hbond substituents is 1. The molecule has 4 atom stereocenters. The van der Waals surface area contributed by atoms with E-state index in [4.69, 9.17) is 14.3 Å². The van der Waals surface area contributed by atoms with E-state index in [1.807, 2.05) is 12.1 Å². The van der Waals surface area contributed by atoms with Gasteiger partial charge in [0.25, 0.3) is 0 Å². The molecule has 6 nitrogen and oxygen atoms in total. The second kappa shape index (κ2) is 5.29. The van der Waals surface area contributed by atoms with E-state index in [0.717, 1.165) is 32.2 Å². The summed E-state index contributed by atoms with van der Waals surface area (Å²) >= 11 is 0. The second-order valence-electron chi connectivity index (χ2n) is 8.01. The van der Waals surface area contributed by atoms with E-state index in [-0.39, 0.29) is 12.1 Å². The molecule has 24 heavy (non-hydrogen) atoms. The molecule has 132 valence electrons. The Morgan fingerprint density at radius 2 is 2.17 bits per heavy atom. The van der Waals surface area contributed by atoms with Gasteiger partial charge in [-0.15, -0.1) is 0 Å². The first-order valence-electron chi connectivity index (χ1n) is 8.60. The first kappa shape index (κ1) is 16.6. The van der Waals surface area contributed by atoms with Gasteiger partial charge in [0.05, 0.1) is 25.0 Å². The normalized spacial score (nSPS) is 37.8. The molecule has 1 saturated carbocycles. The Morgan fingerprint density at radius 1 is 1.38 bits per heavy atom. The number of fused-ring (bicyclic) bond motifs is 1. The number of phenols is 1. The topological polar surface area (TPSA) is 87.0 Å². The Bertz CT molecular complexity index is 719. The van der Waals surface area contributed by atoms with Crippen molar-refractivity contribution >= 4 is 7.82 Å². The van der Waals surface area contributed by atoms with Gasteiger partial charge in [0.15, 0.2) is 6.73 Å². The number of likely N-dealkylation sites (N-methyl/N-ethyl adjacent to an activating group) is 1. The van der Waals surface area contributed by atoms with Gasteiger partial charge in [-0.1, -0.05) is 18.9 Å². The maximum atomic E-state index is 11.2. The van der Waals surface area contributed by atoms with E-state index < -0.39 is 7.82 Å². The molecule has 1 aliphatic heterocycles. The number of benzene rings is 1. The molecule has 7 heteroatoms. The Balaban J connectivity index is 1.77. The predicted molar refractivity (Wildman–Crippen MR) is 88.3 cm³/mol. The van der Waals surface area contributed by atoms with Crippen molar-refractivity contribution in [1.29, 1.82) is 0 Å². The fourth-order valence-electron chi connectivity index (χ4n) is 5.78. The van der Waals surface area contributed by atoms with Gasteiger partial charge >= 0.3 is 7.82 Å². The number of likely N-dealkylation sites (tertiary alicyclic amines) is 1. The van der Waals surface area contributed by atoms with E-state index in [2.05, 4.69) is 7.05 Å². The van der Waals surface area contributed by atoms with Gasteiger partial charge in [0.2, 0.25) is 0 Å². The quantitative estimate of drug-likeness (QED) is 0.573. The summed E-state index contributed by atoms with van der Waals surface area (Å²) in [6.45, 7) is 0.853. The van der Waals surface area contributed by atoms with Crippen LogP contribution in [0.2, 0.25) is 0 Å². The van der Waals surface area contributed by atoms with Crippen molar-refractivity contribution in [3.8, 4) is 5.75 Å². The lowest BCUT2D eigenvalue weighted by atomic mass is 9.58. The molecule has 3 aliphatic rings. The molecule has 2 unspecified atom stereocenters. The van der Waals surface area contributed by atoms with Gasteiger partial charge in [0, 0.05) is 12.3 Å². The van der Waals surface area contributed by atoms with E-state index in [0.29, 0.717) is 22.2 Å². The average Bonchev–Trinajstić information content (AvgIpc) is 2.71. The first-order valence-corrected chi connectivity index (χ1v) is 10.1. The fraction of sp³-hybridized carbons (Fsp3) is 0.647. The highest BCUT2D eigenvalue weighted by Crippen LogP contribution is 2.59. The predicted octanol–water partition coefficient (Wildman–Crippen LogP) is 2.27. The maximum absolute atomic E-state index is 11.2. The van der Waals surface area contributed by atoms with Gasteiger partial charge in [-0.25, -0.2) is 9.09 Å². The summed E-state index contributed by atoms with van der Waals surface area (Å²) in [6, 6.07) is 6.00. The number of nitrogens with zero attached hydrogens (tertiary/aromatic N) is 1. The Labute approximate surface area is 141 Å². The highest BCUT2D eigenvalue weighted by Gasteiger charge is 2.64. The molecule has 0 amide bonds. The second-order valence-corrected chi connectivity index (χ2v) is 9.25. The molecule has 1 saturated heterocycles. The van der Waals surface area contributed by atoms with Gasteiger partial charge in [-0.3, -0.25) is 4.48 Å². The van der Waals surface area contributed by atoms with Crippen molar-refractivity contribution in [1.82, 2.24) is 0 Å². The van der Waals surface area contributed by atoms with Gasteiger partial charge in [0.1, 0.15) is 5.75 Å². The fourth-order valence-corrected chi connectivity index (χ4v) is 6.20. The Kier molecular flexibility index (Phi) is 3.65. The molecular weight excluding hydrogens is 329 g/mol. The third-order valence-corrected chi connectivity index (χ3v) is 7.04. The molecule has 0 radical (unpaired) electrons. The molecule has 2 aliphatic carbocycles. The number of quaternary nitrogens is 1. The lowest BCUT2D eigenvalue weighted by Crippen LogP contribution is -2.51. The van der Waals surface area contributed by atoms with Crippen molar-refractivity contribution in [2.75, 3.05) is 20.3 Å². The molecule has 0 aromatic heterocycles. The van der Waals surface area contributed by atoms with Crippen LogP contribution in [-0.2, 0) is 20.9 Å².